The maximum atomic E-state index is 11.6. The molecular weight excluding hydrogens is 236 g/mol. The van der Waals surface area contributed by atoms with Crippen molar-refractivity contribution in [3.63, 3.8) is 0 Å². The average Bonchev–Trinajstić information content (AvgIpc) is 2.60. The van der Waals surface area contributed by atoms with Crippen LogP contribution in [0, 0.1) is 0 Å². The fraction of sp³-hybridized carbons (Fsp3) is 0.167. The number of nitrogens with one attached hydrogen (secondary N) is 1. The van der Waals surface area contributed by atoms with Gasteiger partial charge in [-0.2, -0.15) is 0 Å². The zero-order valence-corrected chi connectivity index (χ0v) is 9.93. The van der Waals surface area contributed by atoms with Crippen LogP contribution in [0.15, 0.2) is 23.9 Å². The van der Waals surface area contributed by atoms with Crippen molar-refractivity contribution in [2.75, 3.05) is 14.2 Å². The SMILES string of the molecule is COc1cccc(/C=C2\NC(=O)N(C)C2=O)c1O. The third-order valence-corrected chi connectivity index (χ3v) is 2.63. The Hall–Kier alpha value is -2.50. The number of methoxy groups -OCH3 is 1. The van der Waals surface area contributed by atoms with Crippen molar-refractivity contribution in [3.05, 3.63) is 29.5 Å². The lowest BCUT2D eigenvalue weighted by atomic mass is 10.1. The number of hydrogen-bond donors (Lipinski definition) is 2. The number of benzene rings is 1. The van der Waals surface area contributed by atoms with Gasteiger partial charge in [0.15, 0.2) is 11.5 Å². The van der Waals surface area contributed by atoms with E-state index in [4.69, 9.17) is 4.74 Å². The average molecular weight is 248 g/mol. The van der Waals surface area contributed by atoms with Crippen LogP contribution in [0.25, 0.3) is 6.08 Å². The lowest BCUT2D eigenvalue weighted by Crippen LogP contribution is -2.25. The first kappa shape index (κ1) is 12.0. The van der Waals surface area contributed by atoms with E-state index >= 15 is 0 Å². The van der Waals surface area contributed by atoms with Gasteiger partial charge >= 0.3 is 6.03 Å². The lowest BCUT2D eigenvalue weighted by Gasteiger charge is -2.05. The first-order valence-corrected chi connectivity index (χ1v) is 5.21. The van der Waals surface area contributed by atoms with Crippen molar-refractivity contribution in [2.24, 2.45) is 0 Å². The topological polar surface area (TPSA) is 78.9 Å². The van der Waals surface area contributed by atoms with Gasteiger partial charge in [-0.15, -0.1) is 0 Å². The Labute approximate surface area is 103 Å². The molecule has 6 nitrogen and oxygen atoms in total. The minimum atomic E-state index is -0.492. The van der Waals surface area contributed by atoms with Crippen LogP contribution in [-0.2, 0) is 4.79 Å². The summed E-state index contributed by atoms with van der Waals surface area (Å²) in [5.41, 5.74) is 0.513. The molecule has 1 aromatic carbocycles. The number of para-hydroxylation sites is 1. The highest BCUT2D eigenvalue weighted by Crippen LogP contribution is 2.31. The summed E-state index contributed by atoms with van der Waals surface area (Å²) < 4.78 is 4.96. The molecule has 0 saturated carbocycles. The third-order valence-electron chi connectivity index (χ3n) is 2.63. The molecule has 3 amide bonds. The molecule has 1 aliphatic heterocycles. The zero-order valence-electron chi connectivity index (χ0n) is 9.93. The van der Waals surface area contributed by atoms with Crippen LogP contribution in [0.1, 0.15) is 5.56 Å². The summed E-state index contributed by atoms with van der Waals surface area (Å²) in [6, 6.07) is 4.39. The number of carbonyl (C=O) groups excluding carboxylic acids is 2. The molecule has 1 saturated heterocycles. The maximum absolute atomic E-state index is 11.6. The van der Waals surface area contributed by atoms with Gasteiger partial charge in [0.2, 0.25) is 0 Å². The number of ether oxygens (including phenoxy) is 1. The highest BCUT2D eigenvalue weighted by molar-refractivity contribution is 6.13. The van der Waals surface area contributed by atoms with Crippen LogP contribution >= 0.6 is 0 Å². The fourth-order valence-corrected chi connectivity index (χ4v) is 1.60. The van der Waals surface area contributed by atoms with Crippen molar-refractivity contribution in [1.29, 1.82) is 0 Å². The van der Waals surface area contributed by atoms with Crippen LogP contribution in [0.5, 0.6) is 11.5 Å². The van der Waals surface area contributed by atoms with Crippen molar-refractivity contribution < 1.29 is 19.4 Å². The molecule has 0 aromatic heterocycles. The molecule has 18 heavy (non-hydrogen) atoms. The van der Waals surface area contributed by atoms with E-state index in [1.807, 2.05) is 0 Å². The third kappa shape index (κ3) is 1.88. The Bertz CT molecular complexity index is 551. The van der Waals surface area contributed by atoms with Crippen LogP contribution in [0.3, 0.4) is 0 Å². The number of phenols is 1. The molecule has 0 unspecified atom stereocenters. The van der Waals surface area contributed by atoms with Gasteiger partial charge < -0.3 is 15.2 Å². The Kier molecular flexibility index (Phi) is 2.93. The van der Waals surface area contributed by atoms with Gasteiger partial charge in [0.05, 0.1) is 7.11 Å². The Morgan fingerprint density at radius 2 is 2.11 bits per heavy atom. The molecule has 0 atom stereocenters. The number of carbonyl (C=O) groups is 2. The molecule has 0 spiro atoms. The summed E-state index contributed by atoms with van der Waals surface area (Å²) >= 11 is 0. The summed E-state index contributed by atoms with van der Waals surface area (Å²) in [6.07, 6.45) is 1.40. The first-order chi connectivity index (χ1) is 8.54. The lowest BCUT2D eigenvalue weighted by molar-refractivity contribution is -0.121. The molecule has 1 fully saturated rings. The number of amides is 3. The molecule has 1 heterocycles. The van der Waals surface area contributed by atoms with E-state index < -0.39 is 11.9 Å². The van der Waals surface area contributed by atoms with Gasteiger partial charge in [-0.3, -0.25) is 9.69 Å². The molecule has 2 rings (SSSR count). The highest BCUT2D eigenvalue weighted by Gasteiger charge is 2.30. The normalized spacial score (nSPS) is 17.2. The number of aromatic hydroxyl groups is 1. The summed E-state index contributed by atoms with van der Waals surface area (Å²) in [5, 5.41) is 12.3. The monoisotopic (exact) mass is 248 g/mol. The van der Waals surface area contributed by atoms with Gasteiger partial charge in [0.25, 0.3) is 5.91 Å². The molecule has 2 N–H and O–H groups in total. The minimum Gasteiger partial charge on any atom is -0.504 e. The van der Waals surface area contributed by atoms with Crippen molar-refractivity contribution in [2.45, 2.75) is 0 Å². The first-order valence-electron chi connectivity index (χ1n) is 5.21. The van der Waals surface area contributed by atoms with E-state index in [1.54, 1.807) is 18.2 Å². The van der Waals surface area contributed by atoms with Crippen LogP contribution in [0.2, 0.25) is 0 Å². The second kappa shape index (κ2) is 4.40. The Morgan fingerprint density at radius 1 is 1.39 bits per heavy atom. The second-order valence-electron chi connectivity index (χ2n) is 3.75. The standard InChI is InChI=1S/C12H12N2O4/c1-14-11(16)8(13-12(14)17)6-7-4-3-5-9(18-2)10(7)15/h3-6,15H,1-2H3,(H,13,17)/b8-6-. The smallest absolute Gasteiger partial charge is 0.328 e. The van der Waals surface area contributed by atoms with Crippen molar-refractivity contribution in [3.8, 4) is 11.5 Å². The van der Waals surface area contributed by atoms with E-state index in [2.05, 4.69) is 5.32 Å². The molecule has 1 aliphatic rings. The molecule has 6 heteroatoms. The summed E-state index contributed by atoms with van der Waals surface area (Å²) in [7, 11) is 2.81. The van der Waals surface area contributed by atoms with Gasteiger partial charge in [-0.25, -0.2) is 4.79 Å². The Balaban J connectivity index is 2.40. The summed E-state index contributed by atoms with van der Waals surface area (Å²) in [6.45, 7) is 0. The van der Waals surface area contributed by atoms with Crippen LogP contribution in [0.4, 0.5) is 4.79 Å². The number of imide groups is 1. The number of rotatable bonds is 2. The quantitative estimate of drug-likeness (QED) is 0.602. The second-order valence-corrected chi connectivity index (χ2v) is 3.75. The van der Waals surface area contributed by atoms with Crippen molar-refractivity contribution >= 4 is 18.0 Å². The van der Waals surface area contributed by atoms with Crippen molar-refractivity contribution in [1.82, 2.24) is 10.2 Å². The van der Waals surface area contributed by atoms with Gasteiger partial charge in [0.1, 0.15) is 5.70 Å². The molecule has 0 bridgehead atoms. The molecule has 0 radical (unpaired) electrons. The number of hydrogen-bond acceptors (Lipinski definition) is 4. The number of urea groups is 1. The van der Waals surface area contributed by atoms with Gasteiger partial charge in [0, 0.05) is 12.6 Å². The van der Waals surface area contributed by atoms with Crippen LogP contribution < -0.4 is 10.1 Å². The largest absolute Gasteiger partial charge is 0.504 e. The predicted molar refractivity (Wildman–Crippen MR) is 63.9 cm³/mol. The van der Waals surface area contributed by atoms with Gasteiger partial charge in [-0.1, -0.05) is 12.1 Å². The molecule has 0 aliphatic carbocycles. The van der Waals surface area contributed by atoms with Crippen LogP contribution in [-0.4, -0.2) is 36.1 Å². The minimum absolute atomic E-state index is 0.0795. The zero-order chi connectivity index (χ0) is 13.3. The number of phenolic OH excluding ortho intramolecular Hbond substituents is 1. The van der Waals surface area contributed by atoms with E-state index in [0.29, 0.717) is 11.3 Å². The predicted octanol–water partition coefficient (Wildman–Crippen LogP) is 0.923. The Morgan fingerprint density at radius 3 is 2.67 bits per heavy atom. The highest BCUT2D eigenvalue weighted by atomic mass is 16.5. The number of likely N-dealkylation sites (N-methyl/N-ethyl adjacent to an activating group) is 1. The molecular formula is C12H12N2O4. The van der Waals surface area contributed by atoms with E-state index in [1.165, 1.54) is 20.2 Å². The fourth-order valence-electron chi connectivity index (χ4n) is 1.60. The molecule has 94 valence electrons. The van der Waals surface area contributed by atoms with E-state index in [-0.39, 0.29) is 11.4 Å². The summed E-state index contributed by atoms with van der Waals surface area (Å²) in [4.78, 5) is 23.9. The maximum Gasteiger partial charge on any atom is 0.328 e. The van der Waals surface area contributed by atoms with E-state index in [9.17, 15) is 14.7 Å². The molecule has 1 aromatic rings. The summed E-state index contributed by atoms with van der Waals surface area (Å²) in [5.74, 6) is -0.221. The van der Waals surface area contributed by atoms with E-state index in [0.717, 1.165) is 4.90 Å². The number of nitrogens with zero attached hydrogens (tertiary/aromatic N) is 1. The van der Waals surface area contributed by atoms with Gasteiger partial charge in [-0.05, 0) is 12.1 Å².